The standard InChI is InChI=1S/C24H27N3O/c28-24(25-13-15-27-14-12-17-6-1-2-7-18(17)16-27)21-10-5-9-20-19-8-3-4-11-22(19)26-23(20)21/h1-4,6-8,11,21,26H,5,9-10,12-16H2,(H,25,28). The maximum atomic E-state index is 12.9. The number of aromatic nitrogens is 1. The fourth-order valence-corrected chi connectivity index (χ4v) is 4.88. The molecule has 2 heterocycles. The Balaban J connectivity index is 1.22. The summed E-state index contributed by atoms with van der Waals surface area (Å²) in [6.45, 7) is 3.68. The molecule has 0 radical (unpaired) electrons. The smallest absolute Gasteiger partial charge is 0.229 e. The molecule has 2 aliphatic rings. The first-order valence-corrected chi connectivity index (χ1v) is 10.5. The van der Waals surface area contributed by atoms with Gasteiger partial charge in [0.25, 0.3) is 0 Å². The maximum absolute atomic E-state index is 12.9. The van der Waals surface area contributed by atoms with E-state index in [0.717, 1.165) is 56.5 Å². The molecule has 0 fully saturated rings. The Morgan fingerprint density at radius 1 is 1.07 bits per heavy atom. The lowest BCUT2D eigenvalue weighted by Gasteiger charge is -2.29. The Hall–Kier alpha value is -2.59. The van der Waals surface area contributed by atoms with Gasteiger partial charge in [0.05, 0.1) is 5.92 Å². The summed E-state index contributed by atoms with van der Waals surface area (Å²) in [5.74, 6) is 0.128. The number of H-pyrrole nitrogens is 1. The first-order valence-electron chi connectivity index (χ1n) is 10.5. The molecule has 4 heteroatoms. The van der Waals surface area contributed by atoms with Crippen LogP contribution in [0, 0.1) is 0 Å². The normalized spacial score (nSPS) is 19.2. The molecule has 0 saturated carbocycles. The monoisotopic (exact) mass is 373 g/mol. The molecule has 1 unspecified atom stereocenters. The third-order valence-electron chi connectivity index (χ3n) is 6.37. The predicted molar refractivity (Wildman–Crippen MR) is 112 cm³/mol. The number of hydrogen-bond acceptors (Lipinski definition) is 2. The molecular weight excluding hydrogens is 346 g/mol. The lowest BCUT2D eigenvalue weighted by atomic mass is 9.86. The van der Waals surface area contributed by atoms with E-state index < -0.39 is 0 Å². The highest BCUT2D eigenvalue weighted by atomic mass is 16.1. The zero-order valence-corrected chi connectivity index (χ0v) is 16.2. The van der Waals surface area contributed by atoms with Crippen molar-refractivity contribution >= 4 is 16.8 Å². The molecule has 3 aromatic rings. The van der Waals surface area contributed by atoms with E-state index in [-0.39, 0.29) is 11.8 Å². The maximum Gasteiger partial charge on any atom is 0.229 e. The van der Waals surface area contributed by atoms with Crippen LogP contribution in [-0.2, 0) is 24.2 Å². The highest BCUT2D eigenvalue weighted by molar-refractivity contribution is 5.90. The average Bonchev–Trinajstić information content (AvgIpc) is 3.12. The zero-order valence-electron chi connectivity index (χ0n) is 16.2. The van der Waals surface area contributed by atoms with Gasteiger partial charge < -0.3 is 10.3 Å². The van der Waals surface area contributed by atoms with Crippen molar-refractivity contribution in [1.82, 2.24) is 15.2 Å². The summed E-state index contributed by atoms with van der Waals surface area (Å²) in [6, 6.07) is 17.1. The second-order valence-corrected chi connectivity index (χ2v) is 8.09. The Labute approximate surface area is 165 Å². The Morgan fingerprint density at radius 3 is 2.82 bits per heavy atom. The van der Waals surface area contributed by atoms with E-state index in [2.05, 4.69) is 63.7 Å². The Bertz CT molecular complexity index is 1010. The van der Waals surface area contributed by atoms with Crippen LogP contribution in [-0.4, -0.2) is 35.4 Å². The van der Waals surface area contributed by atoms with Crippen molar-refractivity contribution in [2.45, 2.75) is 38.1 Å². The number of hydrogen-bond donors (Lipinski definition) is 2. The van der Waals surface area contributed by atoms with Crippen LogP contribution in [0.15, 0.2) is 48.5 Å². The molecule has 1 atom stereocenters. The van der Waals surface area contributed by atoms with E-state index >= 15 is 0 Å². The number of nitrogens with one attached hydrogen (secondary N) is 2. The minimum absolute atomic E-state index is 0.0433. The number of nitrogens with zero attached hydrogens (tertiary/aromatic N) is 1. The van der Waals surface area contributed by atoms with Gasteiger partial charge in [-0.25, -0.2) is 0 Å². The third kappa shape index (κ3) is 3.22. The summed E-state index contributed by atoms with van der Waals surface area (Å²) in [7, 11) is 0. The number of fused-ring (bicyclic) bond motifs is 4. The summed E-state index contributed by atoms with van der Waals surface area (Å²) in [4.78, 5) is 18.9. The van der Waals surface area contributed by atoms with Crippen molar-refractivity contribution in [3.05, 3.63) is 70.9 Å². The largest absolute Gasteiger partial charge is 0.357 e. The number of aromatic amines is 1. The number of para-hydroxylation sites is 1. The minimum atomic E-state index is -0.0433. The summed E-state index contributed by atoms with van der Waals surface area (Å²) >= 11 is 0. The Kier molecular flexibility index (Phi) is 4.65. The van der Waals surface area contributed by atoms with Crippen molar-refractivity contribution in [2.24, 2.45) is 0 Å². The highest BCUT2D eigenvalue weighted by Crippen LogP contribution is 2.36. The molecule has 1 aliphatic heterocycles. The van der Waals surface area contributed by atoms with Gasteiger partial charge in [0.15, 0.2) is 0 Å². The molecule has 1 aliphatic carbocycles. The van der Waals surface area contributed by atoms with E-state index in [9.17, 15) is 4.79 Å². The van der Waals surface area contributed by atoms with Crippen LogP contribution in [0.1, 0.15) is 41.1 Å². The fourth-order valence-electron chi connectivity index (χ4n) is 4.88. The van der Waals surface area contributed by atoms with E-state index in [1.54, 1.807) is 0 Å². The van der Waals surface area contributed by atoms with Gasteiger partial charge in [0.2, 0.25) is 5.91 Å². The molecule has 144 valence electrons. The molecule has 0 spiro atoms. The molecule has 4 nitrogen and oxygen atoms in total. The van der Waals surface area contributed by atoms with E-state index in [1.165, 1.54) is 22.1 Å². The lowest BCUT2D eigenvalue weighted by Crippen LogP contribution is -2.39. The van der Waals surface area contributed by atoms with Crippen LogP contribution in [0.25, 0.3) is 10.9 Å². The molecule has 1 amide bonds. The topological polar surface area (TPSA) is 48.1 Å². The molecular formula is C24H27N3O. The molecule has 0 saturated heterocycles. The lowest BCUT2D eigenvalue weighted by molar-refractivity contribution is -0.123. The second-order valence-electron chi connectivity index (χ2n) is 8.09. The predicted octanol–water partition coefficient (Wildman–Crippen LogP) is 3.76. The molecule has 1 aromatic heterocycles. The zero-order chi connectivity index (χ0) is 18.9. The fraction of sp³-hybridized carbons (Fsp3) is 0.375. The van der Waals surface area contributed by atoms with Gasteiger partial charge in [-0.1, -0.05) is 42.5 Å². The molecule has 5 rings (SSSR count). The summed E-state index contributed by atoms with van der Waals surface area (Å²) < 4.78 is 0. The van der Waals surface area contributed by atoms with E-state index in [4.69, 9.17) is 0 Å². The third-order valence-corrected chi connectivity index (χ3v) is 6.37. The quantitative estimate of drug-likeness (QED) is 0.731. The van der Waals surface area contributed by atoms with Gasteiger partial charge >= 0.3 is 0 Å². The first kappa shape index (κ1) is 17.5. The molecule has 0 bridgehead atoms. The van der Waals surface area contributed by atoms with Crippen LogP contribution in [0.3, 0.4) is 0 Å². The van der Waals surface area contributed by atoms with Crippen LogP contribution in [0.5, 0.6) is 0 Å². The van der Waals surface area contributed by atoms with Crippen LogP contribution in [0.2, 0.25) is 0 Å². The van der Waals surface area contributed by atoms with Gasteiger partial charge in [-0.15, -0.1) is 0 Å². The highest BCUT2D eigenvalue weighted by Gasteiger charge is 2.29. The molecule has 28 heavy (non-hydrogen) atoms. The number of carbonyl (C=O) groups excluding carboxylic acids is 1. The Morgan fingerprint density at radius 2 is 1.89 bits per heavy atom. The van der Waals surface area contributed by atoms with Crippen LogP contribution < -0.4 is 5.32 Å². The SMILES string of the molecule is O=C(NCCN1CCc2ccccc2C1)C1CCCc2c1[nH]c1ccccc21. The average molecular weight is 374 g/mol. The second kappa shape index (κ2) is 7.44. The summed E-state index contributed by atoms with van der Waals surface area (Å²) in [6.07, 6.45) is 4.18. The van der Waals surface area contributed by atoms with Gasteiger partial charge in [-0.05, 0) is 48.4 Å². The summed E-state index contributed by atoms with van der Waals surface area (Å²) in [5, 5.41) is 4.49. The molecule has 2 N–H and O–H groups in total. The van der Waals surface area contributed by atoms with Crippen molar-refractivity contribution < 1.29 is 4.79 Å². The number of aryl methyl sites for hydroxylation is 1. The van der Waals surface area contributed by atoms with Crippen molar-refractivity contribution in [1.29, 1.82) is 0 Å². The van der Waals surface area contributed by atoms with E-state index in [0.29, 0.717) is 6.54 Å². The van der Waals surface area contributed by atoms with Gasteiger partial charge in [-0.3, -0.25) is 9.69 Å². The minimum Gasteiger partial charge on any atom is -0.357 e. The number of benzene rings is 2. The van der Waals surface area contributed by atoms with Crippen LogP contribution >= 0.6 is 0 Å². The van der Waals surface area contributed by atoms with Crippen molar-refractivity contribution in [2.75, 3.05) is 19.6 Å². The molecule has 2 aromatic carbocycles. The first-order chi connectivity index (χ1) is 13.8. The number of amides is 1. The van der Waals surface area contributed by atoms with E-state index in [1.807, 2.05) is 0 Å². The van der Waals surface area contributed by atoms with Gasteiger partial charge in [-0.2, -0.15) is 0 Å². The number of carbonyl (C=O) groups is 1. The van der Waals surface area contributed by atoms with Gasteiger partial charge in [0.1, 0.15) is 0 Å². The van der Waals surface area contributed by atoms with Gasteiger partial charge in [0, 0.05) is 42.8 Å². The number of rotatable bonds is 4. The van der Waals surface area contributed by atoms with Crippen molar-refractivity contribution in [3.8, 4) is 0 Å². The van der Waals surface area contributed by atoms with Crippen LogP contribution in [0.4, 0.5) is 0 Å². The summed E-state index contributed by atoms with van der Waals surface area (Å²) in [5.41, 5.74) is 6.53. The van der Waals surface area contributed by atoms with Crippen molar-refractivity contribution in [3.63, 3.8) is 0 Å².